The van der Waals surface area contributed by atoms with Crippen LogP contribution >= 0.6 is 0 Å². The Balaban J connectivity index is 1.60. The summed E-state index contributed by atoms with van der Waals surface area (Å²) in [5, 5.41) is 0. The van der Waals surface area contributed by atoms with E-state index in [4.69, 9.17) is 0 Å². The fraction of sp³-hybridized carbons (Fsp3) is 0.600. The Labute approximate surface area is 141 Å². The van der Waals surface area contributed by atoms with Crippen molar-refractivity contribution in [2.24, 2.45) is 17.8 Å². The number of hydrogen-bond donors (Lipinski definition) is 0. The molecule has 4 heteroatoms. The maximum atomic E-state index is 12.2. The minimum Gasteiger partial charge on any atom is -0.406 e. The molecule has 0 radical (unpaired) electrons. The summed E-state index contributed by atoms with van der Waals surface area (Å²) in [6.07, 6.45) is 7.32. The summed E-state index contributed by atoms with van der Waals surface area (Å²) >= 11 is 0. The van der Waals surface area contributed by atoms with Gasteiger partial charge in [-0.05, 0) is 86.8 Å². The van der Waals surface area contributed by atoms with Crippen molar-refractivity contribution in [2.75, 3.05) is 0 Å². The van der Waals surface area contributed by atoms with Gasteiger partial charge in [-0.1, -0.05) is 24.3 Å². The zero-order valence-electron chi connectivity index (χ0n) is 14.1. The average Bonchev–Trinajstić information content (AvgIpc) is 2.54. The number of ether oxygens (including phenoxy) is 1. The van der Waals surface area contributed by atoms with Crippen LogP contribution < -0.4 is 4.74 Å². The summed E-state index contributed by atoms with van der Waals surface area (Å²) in [6.45, 7) is 2.09. The van der Waals surface area contributed by atoms with Gasteiger partial charge in [-0.15, -0.1) is 13.2 Å². The van der Waals surface area contributed by atoms with Gasteiger partial charge in [-0.2, -0.15) is 0 Å². The Bertz CT molecular complexity index is 561. The molecule has 0 amide bonds. The van der Waals surface area contributed by atoms with E-state index in [2.05, 4.69) is 23.8 Å². The third kappa shape index (κ3) is 4.34. The van der Waals surface area contributed by atoms with Crippen molar-refractivity contribution < 1.29 is 17.9 Å². The molecule has 1 aromatic carbocycles. The highest BCUT2D eigenvalue weighted by Crippen LogP contribution is 2.47. The Morgan fingerprint density at radius 2 is 1.62 bits per heavy atom. The van der Waals surface area contributed by atoms with Gasteiger partial charge in [0, 0.05) is 0 Å². The van der Waals surface area contributed by atoms with Crippen LogP contribution in [0, 0.1) is 17.8 Å². The molecule has 2 fully saturated rings. The Hall–Kier alpha value is -1.45. The van der Waals surface area contributed by atoms with Crippen LogP contribution in [0.4, 0.5) is 13.2 Å². The molecular formula is C20H25F3O. The largest absolute Gasteiger partial charge is 0.573 e. The first-order valence-electron chi connectivity index (χ1n) is 8.93. The van der Waals surface area contributed by atoms with Gasteiger partial charge >= 0.3 is 6.36 Å². The fourth-order valence-electron chi connectivity index (χ4n) is 4.62. The van der Waals surface area contributed by atoms with E-state index in [0.717, 1.165) is 29.7 Å². The Morgan fingerprint density at radius 3 is 2.29 bits per heavy atom. The molecule has 4 unspecified atom stereocenters. The van der Waals surface area contributed by atoms with E-state index < -0.39 is 6.36 Å². The molecule has 0 bridgehead atoms. The second kappa shape index (κ2) is 7.20. The van der Waals surface area contributed by atoms with Gasteiger partial charge in [0.1, 0.15) is 5.75 Å². The fourth-order valence-corrected chi connectivity index (χ4v) is 4.62. The van der Waals surface area contributed by atoms with E-state index in [1.807, 2.05) is 0 Å². The summed E-state index contributed by atoms with van der Waals surface area (Å²) in [4.78, 5) is 0. The van der Waals surface area contributed by atoms with Crippen LogP contribution in [0.2, 0.25) is 0 Å². The SMILES string of the molecule is CC=CC1CCC2CC(c3ccc(OC(F)(F)F)cc3)CCC2C1. The minimum atomic E-state index is -4.62. The Morgan fingerprint density at radius 1 is 0.958 bits per heavy atom. The van der Waals surface area contributed by atoms with Crippen molar-refractivity contribution in [3.8, 4) is 5.75 Å². The zero-order valence-corrected chi connectivity index (χ0v) is 14.1. The van der Waals surface area contributed by atoms with Gasteiger partial charge in [-0.25, -0.2) is 0 Å². The van der Waals surface area contributed by atoms with Crippen LogP contribution in [-0.2, 0) is 0 Å². The van der Waals surface area contributed by atoms with Gasteiger partial charge < -0.3 is 4.74 Å². The predicted molar refractivity (Wildman–Crippen MR) is 88.9 cm³/mol. The number of hydrogen-bond acceptors (Lipinski definition) is 1. The molecule has 0 N–H and O–H groups in total. The van der Waals surface area contributed by atoms with Crippen LogP contribution in [0.5, 0.6) is 5.75 Å². The molecule has 0 heterocycles. The van der Waals surface area contributed by atoms with Crippen LogP contribution in [0.1, 0.15) is 56.9 Å². The summed E-state index contributed by atoms with van der Waals surface area (Å²) in [5.41, 5.74) is 1.15. The molecule has 2 saturated carbocycles. The zero-order chi connectivity index (χ0) is 17.2. The molecule has 0 aromatic heterocycles. The lowest BCUT2D eigenvalue weighted by Crippen LogP contribution is -2.30. The lowest BCUT2D eigenvalue weighted by molar-refractivity contribution is -0.274. The van der Waals surface area contributed by atoms with Gasteiger partial charge in [0.05, 0.1) is 0 Å². The molecular weight excluding hydrogens is 313 g/mol. The Kier molecular flexibility index (Phi) is 5.21. The number of allylic oxidation sites excluding steroid dienone is 2. The molecule has 3 rings (SSSR count). The van der Waals surface area contributed by atoms with Crippen LogP contribution in [0.25, 0.3) is 0 Å². The third-order valence-corrected chi connectivity index (χ3v) is 5.70. The predicted octanol–water partition coefficient (Wildman–Crippen LogP) is 6.46. The topological polar surface area (TPSA) is 9.23 Å². The molecule has 0 saturated heterocycles. The van der Waals surface area contributed by atoms with Crippen molar-refractivity contribution >= 4 is 0 Å². The van der Waals surface area contributed by atoms with E-state index >= 15 is 0 Å². The van der Waals surface area contributed by atoms with Crippen molar-refractivity contribution in [1.82, 2.24) is 0 Å². The molecule has 0 aliphatic heterocycles. The molecule has 0 spiro atoms. The summed E-state index contributed by atoms with van der Waals surface area (Å²) in [5.74, 6) is 2.68. The molecule has 4 atom stereocenters. The smallest absolute Gasteiger partial charge is 0.406 e. The molecule has 1 nitrogen and oxygen atoms in total. The number of benzene rings is 1. The third-order valence-electron chi connectivity index (χ3n) is 5.70. The quantitative estimate of drug-likeness (QED) is 0.575. The number of fused-ring (bicyclic) bond motifs is 1. The van der Waals surface area contributed by atoms with Gasteiger partial charge in [0.15, 0.2) is 0 Å². The molecule has 2 aliphatic carbocycles. The second-order valence-corrected chi connectivity index (χ2v) is 7.25. The first kappa shape index (κ1) is 17.4. The van der Waals surface area contributed by atoms with Crippen LogP contribution in [-0.4, -0.2) is 6.36 Å². The highest BCUT2D eigenvalue weighted by Gasteiger charge is 2.35. The highest BCUT2D eigenvalue weighted by atomic mass is 19.4. The first-order chi connectivity index (χ1) is 11.4. The molecule has 24 heavy (non-hydrogen) atoms. The standard InChI is InChI=1S/C20H25F3O/c1-2-3-14-4-5-18-13-17(7-6-16(18)12-14)15-8-10-19(11-9-15)24-20(21,22)23/h2-3,8-11,14,16-18H,4-7,12-13H2,1H3. The van der Waals surface area contributed by atoms with Crippen LogP contribution in [0.3, 0.4) is 0 Å². The highest BCUT2D eigenvalue weighted by molar-refractivity contribution is 5.30. The number of alkyl halides is 3. The normalized spacial score (nSPS) is 31.0. The summed E-state index contributed by atoms with van der Waals surface area (Å²) in [6, 6.07) is 6.49. The minimum absolute atomic E-state index is 0.133. The summed E-state index contributed by atoms with van der Waals surface area (Å²) in [7, 11) is 0. The maximum Gasteiger partial charge on any atom is 0.573 e. The van der Waals surface area contributed by atoms with E-state index in [-0.39, 0.29) is 5.75 Å². The van der Waals surface area contributed by atoms with Crippen molar-refractivity contribution in [3.05, 3.63) is 42.0 Å². The summed E-state index contributed by atoms with van der Waals surface area (Å²) < 4.78 is 40.7. The lowest BCUT2D eigenvalue weighted by Gasteiger charge is -2.41. The number of rotatable bonds is 3. The van der Waals surface area contributed by atoms with Gasteiger partial charge in [0.25, 0.3) is 0 Å². The van der Waals surface area contributed by atoms with Crippen molar-refractivity contribution in [1.29, 1.82) is 0 Å². The first-order valence-corrected chi connectivity index (χ1v) is 8.93. The van der Waals surface area contributed by atoms with E-state index in [0.29, 0.717) is 5.92 Å². The van der Waals surface area contributed by atoms with E-state index in [1.54, 1.807) is 12.1 Å². The monoisotopic (exact) mass is 338 g/mol. The van der Waals surface area contributed by atoms with Gasteiger partial charge in [0.2, 0.25) is 0 Å². The lowest BCUT2D eigenvalue weighted by atomic mass is 9.64. The van der Waals surface area contributed by atoms with E-state index in [1.165, 1.54) is 44.2 Å². The van der Waals surface area contributed by atoms with Crippen molar-refractivity contribution in [3.63, 3.8) is 0 Å². The molecule has 1 aromatic rings. The van der Waals surface area contributed by atoms with E-state index in [9.17, 15) is 13.2 Å². The molecule has 132 valence electrons. The molecule has 2 aliphatic rings. The maximum absolute atomic E-state index is 12.2. The van der Waals surface area contributed by atoms with Crippen molar-refractivity contribution in [2.45, 2.75) is 57.7 Å². The number of halogens is 3. The second-order valence-electron chi connectivity index (χ2n) is 7.25. The average molecular weight is 338 g/mol. The van der Waals surface area contributed by atoms with Crippen LogP contribution in [0.15, 0.2) is 36.4 Å². The van der Waals surface area contributed by atoms with Gasteiger partial charge in [-0.3, -0.25) is 0 Å².